The zero-order chi connectivity index (χ0) is 19.2. The number of sulfonamides is 1. The molecule has 0 aliphatic heterocycles. The summed E-state index contributed by atoms with van der Waals surface area (Å²) in [6.45, 7) is 4.07. The Balaban J connectivity index is 2.31. The second kappa shape index (κ2) is 9.09. The quantitative estimate of drug-likeness (QED) is 0.439. The Hall–Kier alpha value is -2.00. The van der Waals surface area contributed by atoms with Crippen molar-refractivity contribution in [1.82, 2.24) is 4.31 Å². The van der Waals surface area contributed by atoms with Crippen LogP contribution in [-0.4, -0.2) is 36.4 Å². The first-order valence-electron chi connectivity index (χ1n) is 9.00. The molecule has 8 nitrogen and oxygen atoms in total. The van der Waals surface area contributed by atoms with Gasteiger partial charge in [-0.3, -0.25) is 15.5 Å². The number of hydrogen-bond acceptors (Lipinski definition) is 6. The van der Waals surface area contributed by atoms with Crippen molar-refractivity contribution in [1.29, 1.82) is 0 Å². The molecule has 0 unspecified atom stereocenters. The zero-order valence-electron chi connectivity index (χ0n) is 15.3. The van der Waals surface area contributed by atoms with Gasteiger partial charge >= 0.3 is 0 Å². The Morgan fingerprint density at radius 2 is 1.77 bits per heavy atom. The predicted molar refractivity (Wildman–Crippen MR) is 102 cm³/mol. The van der Waals surface area contributed by atoms with Crippen molar-refractivity contribution in [3.8, 4) is 0 Å². The second-order valence-electron chi connectivity index (χ2n) is 6.23. The lowest BCUT2D eigenvalue weighted by Crippen LogP contribution is -2.30. The molecule has 1 fully saturated rings. The first kappa shape index (κ1) is 20.3. The highest BCUT2D eigenvalue weighted by Gasteiger charge is 2.25. The molecule has 9 heteroatoms. The lowest BCUT2D eigenvalue weighted by Gasteiger charge is -2.18. The number of anilines is 1. The van der Waals surface area contributed by atoms with Crippen LogP contribution in [0.5, 0.6) is 0 Å². The summed E-state index contributed by atoms with van der Waals surface area (Å²) in [5.41, 5.74) is 3.67. The Labute approximate surface area is 154 Å². The molecule has 26 heavy (non-hydrogen) atoms. The van der Waals surface area contributed by atoms with Gasteiger partial charge < -0.3 is 0 Å². The van der Waals surface area contributed by atoms with Crippen LogP contribution in [0.15, 0.2) is 28.2 Å². The Kier molecular flexibility index (Phi) is 7.10. The summed E-state index contributed by atoms with van der Waals surface area (Å²) in [7, 11) is -3.75. The minimum absolute atomic E-state index is 0.0828. The van der Waals surface area contributed by atoms with E-state index in [9.17, 15) is 18.5 Å². The fourth-order valence-corrected chi connectivity index (χ4v) is 4.50. The summed E-state index contributed by atoms with van der Waals surface area (Å²) in [6.07, 6.45) is 6.27. The maximum absolute atomic E-state index is 12.6. The van der Waals surface area contributed by atoms with Gasteiger partial charge in [0, 0.05) is 24.9 Å². The molecule has 2 rings (SSSR count). The fraction of sp³-hybridized carbons (Fsp3) is 0.588. The molecule has 1 aromatic rings. The smallest absolute Gasteiger partial charge is 0.272 e. The topological polar surface area (TPSA) is 105 Å². The fourth-order valence-electron chi connectivity index (χ4n) is 3.02. The molecule has 1 N–H and O–H groups in total. The van der Waals surface area contributed by atoms with E-state index >= 15 is 0 Å². The van der Waals surface area contributed by atoms with E-state index in [0.29, 0.717) is 13.1 Å². The van der Waals surface area contributed by atoms with Gasteiger partial charge in [-0.1, -0.05) is 26.7 Å². The average Bonchev–Trinajstić information content (AvgIpc) is 2.89. The summed E-state index contributed by atoms with van der Waals surface area (Å²) >= 11 is 0. The Morgan fingerprint density at radius 1 is 1.15 bits per heavy atom. The van der Waals surface area contributed by atoms with Crippen molar-refractivity contribution in [2.75, 3.05) is 18.5 Å². The summed E-state index contributed by atoms with van der Waals surface area (Å²) in [5, 5.41) is 15.7. The zero-order valence-corrected chi connectivity index (χ0v) is 16.1. The number of nitro benzene ring substituents is 1. The minimum Gasteiger partial charge on any atom is -0.272 e. The third-order valence-corrected chi connectivity index (χ3v) is 6.57. The standard InChI is InChI=1S/C17H26N4O4S/c1-3-20(4-2)26(24,25)15-11-12-16(17(13-15)21(22)23)19-18-14-9-7-5-6-8-10-14/h11-13,19H,3-10H2,1-2H3. The molecule has 0 amide bonds. The number of hydrogen-bond donors (Lipinski definition) is 1. The van der Waals surface area contributed by atoms with Crippen LogP contribution >= 0.6 is 0 Å². The van der Waals surface area contributed by atoms with E-state index in [1.165, 1.54) is 29.3 Å². The van der Waals surface area contributed by atoms with Crippen molar-refractivity contribution in [2.24, 2.45) is 5.10 Å². The molecule has 0 radical (unpaired) electrons. The molecule has 0 aromatic heterocycles. The van der Waals surface area contributed by atoms with Gasteiger partial charge in [-0.2, -0.15) is 9.41 Å². The van der Waals surface area contributed by atoms with Crippen LogP contribution in [0, 0.1) is 10.1 Å². The molecule has 144 valence electrons. The van der Waals surface area contributed by atoms with Crippen LogP contribution in [0.2, 0.25) is 0 Å². The highest BCUT2D eigenvalue weighted by Crippen LogP contribution is 2.29. The molecule has 1 saturated carbocycles. The first-order chi connectivity index (χ1) is 12.4. The van der Waals surface area contributed by atoms with E-state index in [2.05, 4.69) is 10.5 Å². The van der Waals surface area contributed by atoms with Crippen molar-refractivity contribution in [3.63, 3.8) is 0 Å². The number of hydrazone groups is 1. The largest absolute Gasteiger partial charge is 0.295 e. The van der Waals surface area contributed by atoms with Crippen molar-refractivity contribution < 1.29 is 13.3 Å². The van der Waals surface area contributed by atoms with E-state index in [1.807, 2.05) is 0 Å². The molecule has 0 bridgehead atoms. The van der Waals surface area contributed by atoms with Crippen LogP contribution in [0.25, 0.3) is 0 Å². The monoisotopic (exact) mass is 382 g/mol. The average molecular weight is 382 g/mol. The molecule has 1 aromatic carbocycles. The summed E-state index contributed by atoms with van der Waals surface area (Å²) in [4.78, 5) is 10.8. The predicted octanol–water partition coefficient (Wildman–Crippen LogP) is 3.75. The van der Waals surface area contributed by atoms with E-state index in [4.69, 9.17) is 0 Å². The van der Waals surface area contributed by atoms with Gasteiger partial charge in [0.15, 0.2) is 0 Å². The molecular weight excluding hydrogens is 356 g/mol. The minimum atomic E-state index is -3.75. The van der Waals surface area contributed by atoms with Gasteiger partial charge in [-0.05, 0) is 37.8 Å². The van der Waals surface area contributed by atoms with Gasteiger partial charge in [-0.15, -0.1) is 0 Å². The summed E-state index contributed by atoms with van der Waals surface area (Å²) in [6, 6.07) is 3.90. The Morgan fingerprint density at radius 3 is 2.31 bits per heavy atom. The number of nitrogens with one attached hydrogen (secondary N) is 1. The van der Waals surface area contributed by atoms with Crippen LogP contribution in [0.4, 0.5) is 11.4 Å². The first-order valence-corrected chi connectivity index (χ1v) is 10.4. The lowest BCUT2D eigenvalue weighted by atomic mass is 10.2. The highest BCUT2D eigenvalue weighted by molar-refractivity contribution is 7.89. The van der Waals surface area contributed by atoms with Gasteiger partial charge in [-0.25, -0.2) is 8.42 Å². The normalized spacial score (nSPS) is 15.6. The third-order valence-electron chi connectivity index (χ3n) is 4.52. The molecule has 0 heterocycles. The summed E-state index contributed by atoms with van der Waals surface area (Å²) in [5.74, 6) is 0. The van der Waals surface area contributed by atoms with Crippen LogP contribution < -0.4 is 5.43 Å². The Bertz CT molecular complexity index is 763. The molecule has 0 saturated heterocycles. The van der Waals surface area contributed by atoms with Gasteiger partial charge in [0.1, 0.15) is 5.69 Å². The molecule has 1 aliphatic carbocycles. The molecule has 1 aliphatic rings. The van der Waals surface area contributed by atoms with Gasteiger partial charge in [0.05, 0.1) is 9.82 Å². The molecule has 0 atom stereocenters. The number of nitro groups is 1. The number of rotatable bonds is 7. The maximum Gasteiger partial charge on any atom is 0.295 e. The van der Waals surface area contributed by atoms with Gasteiger partial charge in [0.2, 0.25) is 10.0 Å². The summed E-state index contributed by atoms with van der Waals surface area (Å²) < 4.78 is 26.4. The van der Waals surface area contributed by atoms with E-state index in [0.717, 1.165) is 37.5 Å². The van der Waals surface area contributed by atoms with E-state index in [-0.39, 0.29) is 16.3 Å². The van der Waals surface area contributed by atoms with Crippen LogP contribution in [-0.2, 0) is 10.0 Å². The lowest BCUT2D eigenvalue weighted by molar-refractivity contribution is -0.384. The van der Waals surface area contributed by atoms with E-state index < -0.39 is 14.9 Å². The van der Waals surface area contributed by atoms with Crippen molar-refractivity contribution in [2.45, 2.75) is 57.3 Å². The SMILES string of the molecule is CCN(CC)S(=O)(=O)c1ccc(NN=C2CCCCCC2)c([N+](=O)[O-])c1. The molecule has 0 spiro atoms. The van der Waals surface area contributed by atoms with Crippen LogP contribution in [0.1, 0.15) is 52.4 Å². The van der Waals surface area contributed by atoms with Crippen molar-refractivity contribution in [3.05, 3.63) is 28.3 Å². The second-order valence-corrected chi connectivity index (χ2v) is 8.17. The van der Waals surface area contributed by atoms with E-state index in [1.54, 1.807) is 13.8 Å². The number of nitrogens with zero attached hydrogens (tertiary/aromatic N) is 3. The third kappa shape index (κ3) is 4.79. The van der Waals surface area contributed by atoms with Gasteiger partial charge in [0.25, 0.3) is 5.69 Å². The maximum atomic E-state index is 12.6. The molecular formula is C17H26N4O4S. The van der Waals surface area contributed by atoms with Crippen LogP contribution in [0.3, 0.4) is 0 Å². The van der Waals surface area contributed by atoms with Crippen molar-refractivity contribution >= 4 is 27.1 Å². The number of benzene rings is 1. The highest BCUT2D eigenvalue weighted by atomic mass is 32.2.